The number of esters is 1. The molecule has 0 aliphatic carbocycles. The third kappa shape index (κ3) is 4.88. The number of rotatable bonds is 5. The van der Waals surface area contributed by atoms with Crippen molar-refractivity contribution in [3.63, 3.8) is 0 Å². The van der Waals surface area contributed by atoms with Gasteiger partial charge in [-0.05, 0) is 25.0 Å². The first-order chi connectivity index (χ1) is 8.54. The van der Waals surface area contributed by atoms with Crippen molar-refractivity contribution in [1.82, 2.24) is 4.90 Å². The zero-order chi connectivity index (χ0) is 13.5. The third-order valence-electron chi connectivity index (χ3n) is 2.93. The molecule has 1 aliphatic heterocycles. The molecule has 4 nitrogen and oxygen atoms in total. The molecule has 1 fully saturated rings. The number of ether oxygens (including phenoxy) is 1. The first kappa shape index (κ1) is 15.3. The van der Waals surface area contributed by atoms with Crippen LogP contribution in [0.5, 0.6) is 0 Å². The molecule has 0 spiro atoms. The Labute approximate surface area is 113 Å². The monoisotopic (exact) mass is 273 g/mol. The summed E-state index contributed by atoms with van der Waals surface area (Å²) in [5.41, 5.74) is 0. The number of thioether (sulfide) groups is 1. The Hall–Kier alpha value is -0.710. The molecule has 0 aromatic carbocycles. The first-order valence-corrected chi connectivity index (χ1v) is 7.65. The summed E-state index contributed by atoms with van der Waals surface area (Å²) in [5, 5.41) is 0.458. The number of nitrogens with zero attached hydrogens (tertiary/aromatic N) is 1. The van der Waals surface area contributed by atoms with Crippen LogP contribution in [-0.4, -0.2) is 47.5 Å². The number of carbonyl (C=O) groups excluding carboxylic acids is 2. The molecule has 5 heteroatoms. The van der Waals surface area contributed by atoms with E-state index in [1.54, 1.807) is 16.7 Å². The van der Waals surface area contributed by atoms with Crippen LogP contribution in [0.4, 0.5) is 0 Å². The number of amides is 1. The molecule has 18 heavy (non-hydrogen) atoms. The molecule has 1 aliphatic rings. The van der Waals surface area contributed by atoms with E-state index < -0.39 is 0 Å². The highest BCUT2D eigenvalue weighted by atomic mass is 32.2. The summed E-state index contributed by atoms with van der Waals surface area (Å²) >= 11 is 1.65. The molecular formula is C13H23NO3S. The van der Waals surface area contributed by atoms with Crippen molar-refractivity contribution >= 4 is 23.6 Å². The van der Waals surface area contributed by atoms with Crippen LogP contribution in [-0.2, 0) is 14.3 Å². The molecule has 0 saturated carbocycles. The fraction of sp³-hybridized carbons (Fsp3) is 0.846. The van der Waals surface area contributed by atoms with Crippen LogP contribution in [0.25, 0.3) is 0 Å². The molecule has 1 amide bonds. The van der Waals surface area contributed by atoms with Gasteiger partial charge in [-0.2, -0.15) is 0 Å². The Bertz CT molecular complexity index is 294. The van der Waals surface area contributed by atoms with Gasteiger partial charge in [-0.25, -0.2) is 0 Å². The summed E-state index contributed by atoms with van der Waals surface area (Å²) in [5.74, 6) is 0.355. The van der Waals surface area contributed by atoms with Crippen LogP contribution < -0.4 is 0 Å². The van der Waals surface area contributed by atoms with Crippen LogP contribution in [0, 0.1) is 5.92 Å². The zero-order valence-corrected chi connectivity index (χ0v) is 12.3. The van der Waals surface area contributed by atoms with Gasteiger partial charge < -0.3 is 9.64 Å². The fourth-order valence-electron chi connectivity index (χ4n) is 1.99. The minimum atomic E-state index is -0.161. The highest BCUT2D eigenvalue weighted by molar-refractivity contribution is 8.00. The highest BCUT2D eigenvalue weighted by Crippen LogP contribution is 2.19. The minimum Gasteiger partial charge on any atom is -0.466 e. The van der Waals surface area contributed by atoms with Gasteiger partial charge in [0.1, 0.15) is 0 Å². The van der Waals surface area contributed by atoms with E-state index in [-0.39, 0.29) is 17.8 Å². The van der Waals surface area contributed by atoms with Crippen molar-refractivity contribution in [1.29, 1.82) is 0 Å². The summed E-state index contributed by atoms with van der Waals surface area (Å²) < 4.78 is 5.03. The van der Waals surface area contributed by atoms with Gasteiger partial charge in [0, 0.05) is 13.1 Å². The molecule has 1 rings (SSSR count). The maximum Gasteiger partial charge on any atom is 0.310 e. The first-order valence-electron chi connectivity index (χ1n) is 6.60. The van der Waals surface area contributed by atoms with Gasteiger partial charge in [-0.3, -0.25) is 9.59 Å². The Morgan fingerprint density at radius 3 is 2.78 bits per heavy atom. The van der Waals surface area contributed by atoms with Crippen molar-refractivity contribution < 1.29 is 14.3 Å². The van der Waals surface area contributed by atoms with E-state index in [1.165, 1.54) is 0 Å². The molecule has 0 aromatic heterocycles. The van der Waals surface area contributed by atoms with E-state index in [0.29, 0.717) is 24.2 Å². The summed E-state index contributed by atoms with van der Waals surface area (Å²) in [6, 6.07) is 0. The lowest BCUT2D eigenvalue weighted by Gasteiger charge is -2.31. The summed E-state index contributed by atoms with van der Waals surface area (Å²) in [4.78, 5) is 25.5. The van der Waals surface area contributed by atoms with Gasteiger partial charge in [0.2, 0.25) is 5.91 Å². The normalized spacial score (nSPS) is 20.0. The summed E-state index contributed by atoms with van der Waals surface area (Å²) in [7, 11) is 0. The summed E-state index contributed by atoms with van der Waals surface area (Å²) in [6.45, 7) is 7.67. The quantitative estimate of drug-likeness (QED) is 0.718. The third-order valence-corrected chi connectivity index (χ3v) is 4.01. The molecule has 0 radical (unpaired) electrons. The lowest BCUT2D eigenvalue weighted by atomic mass is 9.98. The Morgan fingerprint density at radius 1 is 1.44 bits per heavy atom. The van der Waals surface area contributed by atoms with Crippen molar-refractivity contribution in [2.75, 3.05) is 25.4 Å². The number of piperidine rings is 1. The zero-order valence-electron chi connectivity index (χ0n) is 11.5. The molecule has 0 aromatic rings. The van der Waals surface area contributed by atoms with Crippen molar-refractivity contribution in [2.24, 2.45) is 5.92 Å². The molecule has 0 bridgehead atoms. The Balaban J connectivity index is 2.42. The van der Waals surface area contributed by atoms with E-state index in [1.807, 2.05) is 6.92 Å². The molecule has 1 atom stereocenters. The Kier molecular flexibility index (Phi) is 6.54. The second kappa shape index (κ2) is 7.67. The second-order valence-electron chi connectivity index (χ2n) is 4.79. The fourth-order valence-corrected chi connectivity index (χ4v) is 2.64. The van der Waals surface area contributed by atoms with Crippen molar-refractivity contribution in [2.45, 2.75) is 38.9 Å². The standard InChI is InChI=1S/C13H23NO3S/c1-4-17-13(16)11-6-5-7-14(8-11)12(15)9-18-10(2)3/h10-11H,4-9H2,1-3H3/t11-/m0/s1. The maximum absolute atomic E-state index is 12.0. The minimum absolute atomic E-state index is 0.133. The lowest BCUT2D eigenvalue weighted by Crippen LogP contribution is -2.43. The van der Waals surface area contributed by atoms with Crippen molar-refractivity contribution in [3.05, 3.63) is 0 Å². The van der Waals surface area contributed by atoms with E-state index in [0.717, 1.165) is 19.4 Å². The molecule has 0 unspecified atom stereocenters. The van der Waals surface area contributed by atoms with E-state index >= 15 is 0 Å². The second-order valence-corrected chi connectivity index (χ2v) is 6.36. The SMILES string of the molecule is CCOC(=O)[C@H]1CCCN(C(=O)CSC(C)C)C1. The molecule has 1 heterocycles. The van der Waals surface area contributed by atoms with E-state index in [2.05, 4.69) is 13.8 Å². The van der Waals surface area contributed by atoms with Gasteiger partial charge in [0.25, 0.3) is 0 Å². The lowest BCUT2D eigenvalue weighted by molar-refractivity contribution is -0.151. The number of hydrogen-bond acceptors (Lipinski definition) is 4. The van der Waals surface area contributed by atoms with E-state index in [4.69, 9.17) is 4.74 Å². The van der Waals surface area contributed by atoms with Crippen molar-refractivity contribution in [3.8, 4) is 0 Å². The maximum atomic E-state index is 12.0. The van der Waals surface area contributed by atoms with Gasteiger partial charge >= 0.3 is 5.97 Å². The number of likely N-dealkylation sites (tertiary alicyclic amines) is 1. The smallest absolute Gasteiger partial charge is 0.310 e. The van der Waals surface area contributed by atoms with Gasteiger partial charge in [-0.15, -0.1) is 11.8 Å². The molecule has 0 N–H and O–H groups in total. The molecule has 1 saturated heterocycles. The molecular weight excluding hydrogens is 250 g/mol. The number of hydrogen-bond donors (Lipinski definition) is 0. The topological polar surface area (TPSA) is 46.6 Å². The Morgan fingerprint density at radius 2 is 2.17 bits per heavy atom. The van der Waals surface area contributed by atoms with Gasteiger partial charge in [0.05, 0.1) is 18.3 Å². The van der Waals surface area contributed by atoms with Crippen LogP contribution in [0.1, 0.15) is 33.6 Å². The number of carbonyl (C=O) groups is 2. The average molecular weight is 273 g/mol. The average Bonchev–Trinajstić information content (AvgIpc) is 2.36. The summed E-state index contributed by atoms with van der Waals surface area (Å²) in [6.07, 6.45) is 1.72. The highest BCUT2D eigenvalue weighted by Gasteiger charge is 2.29. The predicted molar refractivity (Wildman–Crippen MR) is 73.5 cm³/mol. The van der Waals surface area contributed by atoms with Gasteiger partial charge in [-0.1, -0.05) is 13.8 Å². The van der Waals surface area contributed by atoms with Crippen LogP contribution >= 0.6 is 11.8 Å². The largest absolute Gasteiger partial charge is 0.466 e. The molecule has 104 valence electrons. The van der Waals surface area contributed by atoms with Crippen LogP contribution in [0.3, 0.4) is 0 Å². The van der Waals surface area contributed by atoms with Gasteiger partial charge in [0.15, 0.2) is 0 Å². The van der Waals surface area contributed by atoms with E-state index in [9.17, 15) is 9.59 Å². The van der Waals surface area contributed by atoms with Crippen LogP contribution in [0.2, 0.25) is 0 Å². The van der Waals surface area contributed by atoms with Crippen LogP contribution in [0.15, 0.2) is 0 Å². The predicted octanol–water partition coefficient (Wildman–Crippen LogP) is 1.93.